The monoisotopic (exact) mass is 318 g/mol. The lowest BCUT2D eigenvalue weighted by atomic mass is 9.86. The van der Waals surface area contributed by atoms with E-state index in [9.17, 15) is 4.79 Å². The summed E-state index contributed by atoms with van der Waals surface area (Å²) >= 11 is 0. The van der Waals surface area contributed by atoms with Crippen molar-refractivity contribution in [1.29, 1.82) is 0 Å². The van der Waals surface area contributed by atoms with Gasteiger partial charge in [0.05, 0.1) is 13.2 Å². The van der Waals surface area contributed by atoms with Crippen LogP contribution in [-0.4, -0.2) is 48.2 Å². The molecule has 1 saturated carbocycles. The molecule has 1 aromatic rings. The van der Waals surface area contributed by atoms with E-state index in [0.29, 0.717) is 24.1 Å². The zero-order chi connectivity index (χ0) is 16.2. The lowest BCUT2D eigenvalue weighted by Gasteiger charge is -2.33. The lowest BCUT2D eigenvalue weighted by Crippen LogP contribution is -2.39. The molecule has 1 amide bonds. The first-order valence-electron chi connectivity index (χ1n) is 8.61. The van der Waals surface area contributed by atoms with Crippen LogP contribution in [0.25, 0.3) is 0 Å². The highest BCUT2D eigenvalue weighted by atomic mass is 16.5. The molecule has 2 heterocycles. The quantitative estimate of drug-likeness (QED) is 0.856. The lowest BCUT2D eigenvalue weighted by molar-refractivity contribution is 0.0678. The predicted molar refractivity (Wildman–Crippen MR) is 87.6 cm³/mol. The number of nitrogens with zero attached hydrogens (tertiary/aromatic N) is 2. The third kappa shape index (κ3) is 4.02. The van der Waals surface area contributed by atoms with Gasteiger partial charge in [-0.3, -0.25) is 4.79 Å². The first-order chi connectivity index (χ1) is 11.1. The van der Waals surface area contributed by atoms with Gasteiger partial charge in [0.25, 0.3) is 5.91 Å². The van der Waals surface area contributed by atoms with Crippen molar-refractivity contribution in [2.24, 2.45) is 5.92 Å². The first kappa shape index (κ1) is 16.2. The van der Waals surface area contributed by atoms with E-state index < -0.39 is 0 Å². The molecule has 23 heavy (non-hydrogen) atoms. The van der Waals surface area contributed by atoms with Crippen LogP contribution in [0.5, 0.6) is 5.88 Å². The summed E-state index contributed by atoms with van der Waals surface area (Å²) in [6, 6.07) is 3.87. The number of carbonyl (C=O) groups is 1. The van der Waals surface area contributed by atoms with Crippen LogP contribution in [0.4, 0.5) is 0 Å². The fourth-order valence-electron chi connectivity index (χ4n) is 3.38. The highest BCUT2D eigenvalue weighted by Crippen LogP contribution is 2.27. The Hall–Kier alpha value is -1.62. The molecule has 2 fully saturated rings. The maximum Gasteiger partial charge on any atom is 0.254 e. The van der Waals surface area contributed by atoms with Crippen molar-refractivity contribution in [2.75, 3.05) is 20.3 Å². The molecule has 0 spiro atoms. The minimum absolute atomic E-state index is 0.0467. The van der Waals surface area contributed by atoms with Crippen LogP contribution in [0.1, 0.15) is 49.4 Å². The summed E-state index contributed by atoms with van der Waals surface area (Å²) in [6.07, 6.45) is 7.16. The molecule has 1 aliphatic carbocycles. The van der Waals surface area contributed by atoms with Crippen molar-refractivity contribution < 1.29 is 14.3 Å². The molecule has 2 aliphatic rings. The van der Waals surface area contributed by atoms with Crippen LogP contribution in [0.2, 0.25) is 0 Å². The fraction of sp³-hybridized carbons (Fsp3) is 0.667. The summed E-state index contributed by atoms with van der Waals surface area (Å²) in [5.41, 5.74) is 0.648. The minimum atomic E-state index is 0.0467. The summed E-state index contributed by atoms with van der Waals surface area (Å²) in [4.78, 5) is 18.8. The van der Waals surface area contributed by atoms with Gasteiger partial charge in [-0.25, -0.2) is 4.98 Å². The van der Waals surface area contributed by atoms with E-state index in [4.69, 9.17) is 9.47 Å². The summed E-state index contributed by atoms with van der Waals surface area (Å²) in [5.74, 6) is 1.35. The van der Waals surface area contributed by atoms with Crippen molar-refractivity contribution in [3.05, 3.63) is 23.9 Å². The Labute approximate surface area is 138 Å². The van der Waals surface area contributed by atoms with Crippen LogP contribution < -0.4 is 4.74 Å². The van der Waals surface area contributed by atoms with Gasteiger partial charge in [0.1, 0.15) is 6.10 Å². The molecule has 0 N–H and O–H groups in total. The largest absolute Gasteiger partial charge is 0.472 e. The van der Waals surface area contributed by atoms with Crippen LogP contribution in [0.15, 0.2) is 18.3 Å². The average Bonchev–Trinajstić information content (AvgIpc) is 3.07. The highest BCUT2D eigenvalue weighted by Gasteiger charge is 2.26. The maximum atomic E-state index is 12.7. The molecule has 1 atom stereocenters. The van der Waals surface area contributed by atoms with Gasteiger partial charge in [0.2, 0.25) is 5.88 Å². The number of hydrogen-bond acceptors (Lipinski definition) is 4. The Morgan fingerprint density at radius 2 is 2.09 bits per heavy atom. The number of hydrogen-bond donors (Lipinski definition) is 0. The topological polar surface area (TPSA) is 51.7 Å². The van der Waals surface area contributed by atoms with Crippen molar-refractivity contribution >= 4 is 5.91 Å². The number of rotatable bonds is 4. The highest BCUT2D eigenvalue weighted by molar-refractivity contribution is 5.94. The molecular weight excluding hydrogens is 292 g/mol. The fourth-order valence-corrected chi connectivity index (χ4v) is 3.38. The van der Waals surface area contributed by atoms with Crippen LogP contribution in [0.3, 0.4) is 0 Å². The van der Waals surface area contributed by atoms with Crippen LogP contribution >= 0.6 is 0 Å². The Bertz CT molecular complexity index is 535. The summed E-state index contributed by atoms with van der Waals surface area (Å²) in [6.45, 7) is 3.61. The van der Waals surface area contributed by atoms with Gasteiger partial charge in [-0.1, -0.05) is 6.92 Å². The first-order valence-corrected chi connectivity index (χ1v) is 8.61. The SMILES string of the molecule is CC1CCC(N(C)C(=O)c2ccnc(OC3CCOC3)c2)CC1. The van der Waals surface area contributed by atoms with E-state index in [0.717, 1.165) is 31.8 Å². The third-order valence-corrected chi connectivity index (χ3v) is 5.01. The molecule has 1 unspecified atom stereocenters. The van der Waals surface area contributed by atoms with Crippen molar-refractivity contribution in [2.45, 2.75) is 51.2 Å². The van der Waals surface area contributed by atoms with Gasteiger partial charge in [0.15, 0.2) is 0 Å². The Kier molecular flexibility index (Phi) is 5.16. The molecule has 0 bridgehead atoms. The Morgan fingerprint density at radius 3 is 2.78 bits per heavy atom. The van der Waals surface area contributed by atoms with Gasteiger partial charge in [-0.05, 0) is 37.7 Å². The molecule has 1 aromatic heterocycles. The number of aromatic nitrogens is 1. The van der Waals surface area contributed by atoms with Crippen molar-refractivity contribution in [3.63, 3.8) is 0 Å². The molecule has 5 heteroatoms. The minimum Gasteiger partial charge on any atom is -0.472 e. The van der Waals surface area contributed by atoms with Crippen LogP contribution in [-0.2, 0) is 4.74 Å². The second-order valence-corrected chi connectivity index (χ2v) is 6.82. The van der Waals surface area contributed by atoms with Gasteiger partial charge in [-0.2, -0.15) is 0 Å². The van der Waals surface area contributed by atoms with Crippen molar-refractivity contribution in [3.8, 4) is 5.88 Å². The van der Waals surface area contributed by atoms with Gasteiger partial charge in [-0.15, -0.1) is 0 Å². The molecule has 0 aromatic carbocycles. The van der Waals surface area contributed by atoms with Gasteiger partial charge < -0.3 is 14.4 Å². The number of amides is 1. The van der Waals surface area contributed by atoms with Gasteiger partial charge >= 0.3 is 0 Å². The van der Waals surface area contributed by atoms with Crippen LogP contribution in [0, 0.1) is 5.92 Å². The average molecular weight is 318 g/mol. The maximum absolute atomic E-state index is 12.7. The van der Waals surface area contributed by atoms with E-state index in [1.165, 1.54) is 12.8 Å². The normalized spacial score (nSPS) is 27.7. The molecule has 126 valence electrons. The standard InChI is InChI=1S/C18H26N2O3/c1-13-3-5-15(6-4-13)20(2)18(21)14-7-9-19-17(11-14)23-16-8-10-22-12-16/h7,9,11,13,15-16H,3-6,8,10,12H2,1-2H3. The zero-order valence-electron chi connectivity index (χ0n) is 14.0. The molecule has 1 aliphatic heterocycles. The summed E-state index contributed by atoms with van der Waals surface area (Å²) < 4.78 is 11.1. The molecular formula is C18H26N2O3. The van der Waals surface area contributed by atoms with Gasteiger partial charge in [0, 0.05) is 37.3 Å². The van der Waals surface area contributed by atoms with Crippen molar-refractivity contribution in [1.82, 2.24) is 9.88 Å². The summed E-state index contributed by atoms with van der Waals surface area (Å²) in [7, 11) is 1.91. The number of pyridine rings is 1. The number of carbonyl (C=O) groups excluding carboxylic acids is 1. The second-order valence-electron chi connectivity index (χ2n) is 6.82. The molecule has 5 nitrogen and oxygen atoms in total. The number of ether oxygens (including phenoxy) is 2. The Morgan fingerprint density at radius 1 is 1.30 bits per heavy atom. The smallest absolute Gasteiger partial charge is 0.254 e. The third-order valence-electron chi connectivity index (χ3n) is 5.01. The van der Waals surface area contributed by atoms with E-state index >= 15 is 0 Å². The molecule has 3 rings (SSSR count). The molecule has 0 radical (unpaired) electrons. The zero-order valence-corrected chi connectivity index (χ0v) is 14.0. The van der Waals surface area contributed by atoms with E-state index in [-0.39, 0.29) is 12.0 Å². The predicted octanol–water partition coefficient (Wildman–Crippen LogP) is 2.90. The van der Waals surface area contributed by atoms with E-state index in [2.05, 4.69) is 11.9 Å². The van der Waals surface area contributed by atoms with E-state index in [1.54, 1.807) is 18.3 Å². The summed E-state index contributed by atoms with van der Waals surface area (Å²) in [5, 5.41) is 0. The second kappa shape index (κ2) is 7.30. The molecule has 1 saturated heterocycles. The Balaban J connectivity index is 1.64. The van der Waals surface area contributed by atoms with E-state index in [1.807, 2.05) is 11.9 Å².